The molecule has 2 aromatic heterocycles. The Morgan fingerprint density at radius 2 is 2.21 bits per heavy atom. The van der Waals surface area contributed by atoms with Crippen LogP contribution in [0.2, 0.25) is 0 Å². The summed E-state index contributed by atoms with van der Waals surface area (Å²) < 4.78 is 2.77. The first-order valence-electron chi connectivity index (χ1n) is 4.43. The van der Waals surface area contributed by atoms with Crippen LogP contribution in [-0.2, 0) is 6.54 Å². The Bertz CT molecular complexity index is 564. The highest BCUT2D eigenvalue weighted by Gasteiger charge is 2.04. The number of rotatable bonds is 2. The second kappa shape index (κ2) is 3.42. The van der Waals surface area contributed by atoms with Crippen LogP contribution < -0.4 is 11.2 Å². The molecule has 14 heavy (non-hydrogen) atoms. The Morgan fingerprint density at radius 1 is 1.43 bits per heavy atom. The lowest BCUT2D eigenvalue weighted by molar-refractivity contribution is 0.610. The summed E-state index contributed by atoms with van der Waals surface area (Å²) >= 11 is 1.39. The average Bonchev–Trinajstić information content (AvgIpc) is 2.60. The molecule has 0 aromatic carbocycles. The predicted molar refractivity (Wildman–Crippen MR) is 56.1 cm³/mol. The van der Waals surface area contributed by atoms with Crippen molar-refractivity contribution in [3.63, 3.8) is 0 Å². The third-order valence-corrected chi connectivity index (χ3v) is 2.85. The molecular weight excluding hydrogens is 200 g/mol. The second-order valence-electron chi connectivity index (χ2n) is 3.03. The Hall–Kier alpha value is -1.36. The topological polar surface area (TPSA) is 43.5 Å². The first kappa shape index (κ1) is 9.21. The highest BCUT2D eigenvalue weighted by atomic mass is 32.1. The normalized spacial score (nSPS) is 10.9. The predicted octanol–water partition coefficient (Wildman–Crippen LogP) is 0.933. The van der Waals surface area contributed by atoms with Gasteiger partial charge in [-0.3, -0.25) is 13.8 Å². The molecule has 0 aliphatic rings. The summed E-state index contributed by atoms with van der Waals surface area (Å²) in [5, 5.41) is 1.80. The van der Waals surface area contributed by atoms with E-state index < -0.39 is 0 Å². The SMILES string of the molecule is CCCn1c(=O)cc2sccn2c1=O. The van der Waals surface area contributed by atoms with E-state index in [0.29, 0.717) is 11.4 Å². The van der Waals surface area contributed by atoms with Gasteiger partial charge in [0.1, 0.15) is 4.83 Å². The van der Waals surface area contributed by atoms with Gasteiger partial charge in [0, 0.05) is 24.2 Å². The fraction of sp³-hybridized carbons (Fsp3) is 0.333. The third-order valence-electron chi connectivity index (χ3n) is 2.03. The summed E-state index contributed by atoms with van der Waals surface area (Å²) in [7, 11) is 0. The minimum atomic E-state index is -0.240. The summed E-state index contributed by atoms with van der Waals surface area (Å²) in [5.41, 5.74) is -0.449. The Morgan fingerprint density at radius 3 is 2.93 bits per heavy atom. The molecule has 5 heteroatoms. The molecule has 0 spiro atoms. The van der Waals surface area contributed by atoms with Crippen LogP contribution >= 0.6 is 11.3 Å². The van der Waals surface area contributed by atoms with Gasteiger partial charge in [0.25, 0.3) is 5.56 Å². The van der Waals surface area contributed by atoms with E-state index in [1.165, 1.54) is 26.4 Å². The molecule has 0 saturated carbocycles. The molecule has 0 aliphatic heterocycles. The number of thiazole rings is 1. The molecule has 0 bridgehead atoms. The molecule has 2 heterocycles. The molecule has 2 rings (SSSR count). The Labute approximate surface area is 84.0 Å². The summed E-state index contributed by atoms with van der Waals surface area (Å²) in [4.78, 5) is 23.9. The van der Waals surface area contributed by atoms with Crippen LogP contribution in [-0.4, -0.2) is 8.97 Å². The maximum atomic E-state index is 11.7. The van der Waals surface area contributed by atoms with Gasteiger partial charge in [-0.1, -0.05) is 6.92 Å². The number of nitrogens with zero attached hydrogens (tertiary/aromatic N) is 2. The molecule has 0 aliphatic carbocycles. The smallest absolute Gasteiger partial charge is 0.269 e. The van der Waals surface area contributed by atoms with Crippen LogP contribution in [0.1, 0.15) is 13.3 Å². The lowest BCUT2D eigenvalue weighted by Gasteiger charge is -2.01. The van der Waals surface area contributed by atoms with E-state index in [0.717, 1.165) is 6.42 Å². The molecule has 0 N–H and O–H groups in total. The Kier molecular flexibility index (Phi) is 2.25. The second-order valence-corrected chi connectivity index (χ2v) is 3.95. The van der Waals surface area contributed by atoms with Gasteiger partial charge in [-0.15, -0.1) is 11.3 Å². The van der Waals surface area contributed by atoms with Gasteiger partial charge >= 0.3 is 5.69 Å². The van der Waals surface area contributed by atoms with Crippen molar-refractivity contribution in [3.8, 4) is 0 Å². The van der Waals surface area contributed by atoms with Gasteiger partial charge in [-0.05, 0) is 6.42 Å². The minimum Gasteiger partial charge on any atom is -0.269 e. The average molecular weight is 210 g/mol. The van der Waals surface area contributed by atoms with Crippen molar-refractivity contribution in [2.75, 3.05) is 0 Å². The molecular formula is C9H10N2O2S. The van der Waals surface area contributed by atoms with Crippen LogP contribution in [0.3, 0.4) is 0 Å². The van der Waals surface area contributed by atoms with Crippen molar-refractivity contribution in [2.45, 2.75) is 19.9 Å². The summed E-state index contributed by atoms with van der Waals surface area (Å²) in [6.45, 7) is 2.42. The van der Waals surface area contributed by atoms with Gasteiger partial charge in [-0.2, -0.15) is 0 Å². The van der Waals surface area contributed by atoms with Crippen LogP contribution in [0.25, 0.3) is 4.83 Å². The minimum absolute atomic E-state index is 0.209. The summed E-state index contributed by atoms with van der Waals surface area (Å²) in [5.74, 6) is 0. The molecule has 0 fully saturated rings. The van der Waals surface area contributed by atoms with Crippen LogP contribution in [0.15, 0.2) is 27.2 Å². The lowest BCUT2D eigenvalue weighted by Crippen LogP contribution is -2.36. The summed E-state index contributed by atoms with van der Waals surface area (Å²) in [6.07, 6.45) is 2.47. The van der Waals surface area contributed by atoms with E-state index >= 15 is 0 Å². The monoisotopic (exact) mass is 210 g/mol. The first-order valence-corrected chi connectivity index (χ1v) is 5.31. The van der Waals surface area contributed by atoms with Crippen molar-refractivity contribution in [1.29, 1.82) is 0 Å². The molecule has 0 atom stereocenters. The lowest BCUT2D eigenvalue weighted by atomic mass is 10.4. The number of aromatic nitrogens is 2. The van der Waals surface area contributed by atoms with E-state index in [1.54, 1.807) is 11.6 Å². The summed E-state index contributed by atoms with van der Waals surface area (Å²) in [6, 6.07) is 1.50. The standard InChI is InChI=1S/C9H10N2O2S/c1-2-3-10-7(12)6-8-11(9(10)13)4-5-14-8/h4-6H,2-3H2,1H3. The molecule has 4 nitrogen and oxygen atoms in total. The van der Waals surface area contributed by atoms with Gasteiger partial charge in [0.2, 0.25) is 0 Å². The molecule has 0 saturated heterocycles. The van der Waals surface area contributed by atoms with Gasteiger partial charge in [0.15, 0.2) is 0 Å². The first-order chi connectivity index (χ1) is 6.74. The molecule has 2 aromatic rings. The fourth-order valence-electron chi connectivity index (χ4n) is 1.39. The van der Waals surface area contributed by atoms with E-state index in [2.05, 4.69) is 0 Å². The maximum Gasteiger partial charge on any atom is 0.336 e. The van der Waals surface area contributed by atoms with Crippen LogP contribution in [0.5, 0.6) is 0 Å². The zero-order valence-electron chi connectivity index (χ0n) is 7.77. The molecule has 0 radical (unpaired) electrons. The van der Waals surface area contributed by atoms with Gasteiger partial charge in [-0.25, -0.2) is 4.79 Å². The van der Waals surface area contributed by atoms with Crippen molar-refractivity contribution < 1.29 is 0 Å². The van der Waals surface area contributed by atoms with Crippen molar-refractivity contribution in [3.05, 3.63) is 38.5 Å². The zero-order chi connectivity index (χ0) is 10.1. The third kappa shape index (κ3) is 1.29. The van der Waals surface area contributed by atoms with Crippen molar-refractivity contribution in [2.24, 2.45) is 0 Å². The van der Waals surface area contributed by atoms with E-state index in [9.17, 15) is 9.59 Å². The van der Waals surface area contributed by atoms with Crippen molar-refractivity contribution in [1.82, 2.24) is 8.97 Å². The van der Waals surface area contributed by atoms with Crippen LogP contribution in [0.4, 0.5) is 0 Å². The number of fused-ring (bicyclic) bond motifs is 1. The number of hydrogen-bond acceptors (Lipinski definition) is 3. The Balaban J connectivity index is 2.83. The van der Waals surface area contributed by atoms with Crippen molar-refractivity contribution >= 4 is 16.2 Å². The van der Waals surface area contributed by atoms with E-state index in [-0.39, 0.29) is 11.2 Å². The highest BCUT2D eigenvalue weighted by molar-refractivity contribution is 7.15. The van der Waals surface area contributed by atoms with Crippen LogP contribution in [0, 0.1) is 0 Å². The number of hydrogen-bond donors (Lipinski definition) is 0. The molecule has 0 amide bonds. The van der Waals surface area contributed by atoms with E-state index in [1.807, 2.05) is 6.92 Å². The molecule has 74 valence electrons. The quantitative estimate of drug-likeness (QED) is 0.740. The molecule has 0 unspecified atom stereocenters. The largest absolute Gasteiger partial charge is 0.336 e. The van der Waals surface area contributed by atoms with E-state index in [4.69, 9.17) is 0 Å². The zero-order valence-corrected chi connectivity index (χ0v) is 8.58. The highest BCUT2D eigenvalue weighted by Crippen LogP contribution is 2.05. The maximum absolute atomic E-state index is 11.7. The van der Waals surface area contributed by atoms with Gasteiger partial charge in [0.05, 0.1) is 0 Å². The fourth-order valence-corrected chi connectivity index (χ4v) is 2.13. The van der Waals surface area contributed by atoms with Gasteiger partial charge < -0.3 is 0 Å².